The molecule has 0 aliphatic carbocycles. The second-order valence-electron chi connectivity index (χ2n) is 2.31. The van der Waals surface area contributed by atoms with Gasteiger partial charge in [0, 0.05) is 5.56 Å². The van der Waals surface area contributed by atoms with E-state index in [2.05, 4.69) is 0 Å². The summed E-state index contributed by atoms with van der Waals surface area (Å²) in [6.45, 7) is 2.01. The minimum Gasteiger partial charge on any atom is -0.486 e. The maximum absolute atomic E-state index is 4.99. The molecule has 1 nitrogen and oxygen atoms in total. The molecule has 0 N–H and O–H groups in total. The molecule has 1 aromatic rings. The molecule has 0 fully saturated rings. The van der Waals surface area contributed by atoms with E-state index in [9.17, 15) is 0 Å². The Morgan fingerprint density at radius 1 is 1.36 bits per heavy atom. The fourth-order valence-corrected chi connectivity index (χ4v) is 1.14. The van der Waals surface area contributed by atoms with E-state index in [1.165, 1.54) is 0 Å². The van der Waals surface area contributed by atoms with E-state index in [1.54, 1.807) is 7.11 Å². The van der Waals surface area contributed by atoms with Crippen LogP contribution in [-0.4, -0.2) is 12.2 Å². The molecule has 0 unspecified atom stereocenters. The van der Waals surface area contributed by atoms with Crippen molar-refractivity contribution in [1.82, 2.24) is 0 Å². The Morgan fingerprint density at radius 2 is 2.00 bits per heavy atom. The van der Waals surface area contributed by atoms with E-state index in [1.807, 2.05) is 31.2 Å². The normalized spacial score (nSPS) is 9.27. The smallest absolute Gasteiger partial charge is 0.191 e. The van der Waals surface area contributed by atoms with Crippen LogP contribution in [-0.2, 0) is 4.74 Å². The Hall–Kier alpha value is -0.890. The first kappa shape index (κ1) is 8.21. The first-order valence-corrected chi connectivity index (χ1v) is 3.80. The van der Waals surface area contributed by atoms with Crippen LogP contribution in [0.5, 0.6) is 0 Å². The highest BCUT2D eigenvalue weighted by Gasteiger charge is 2.01. The second-order valence-corrected chi connectivity index (χ2v) is 2.68. The number of hydrogen-bond acceptors (Lipinski definition) is 2. The third-order valence-electron chi connectivity index (χ3n) is 1.55. The lowest BCUT2D eigenvalue weighted by molar-refractivity contribution is 0.415. The first-order chi connectivity index (χ1) is 5.25. The van der Waals surface area contributed by atoms with Crippen molar-refractivity contribution >= 4 is 17.3 Å². The molecule has 0 saturated heterocycles. The number of thiocarbonyl (C=S) groups is 1. The van der Waals surface area contributed by atoms with Crippen molar-refractivity contribution in [2.75, 3.05) is 7.11 Å². The summed E-state index contributed by atoms with van der Waals surface area (Å²) in [6, 6.07) is 7.91. The van der Waals surface area contributed by atoms with Gasteiger partial charge in [0.1, 0.15) is 0 Å². The number of benzene rings is 1. The summed E-state index contributed by atoms with van der Waals surface area (Å²) >= 11 is 4.99. The van der Waals surface area contributed by atoms with Crippen molar-refractivity contribution in [3.8, 4) is 0 Å². The molecule has 0 atom stereocenters. The van der Waals surface area contributed by atoms with Crippen LogP contribution in [0.2, 0.25) is 0 Å². The third kappa shape index (κ3) is 1.77. The van der Waals surface area contributed by atoms with Gasteiger partial charge in [-0.1, -0.05) is 24.3 Å². The van der Waals surface area contributed by atoms with Crippen LogP contribution in [0.3, 0.4) is 0 Å². The Kier molecular flexibility index (Phi) is 2.60. The van der Waals surface area contributed by atoms with Crippen LogP contribution in [0, 0.1) is 6.92 Å². The zero-order valence-corrected chi connectivity index (χ0v) is 7.44. The highest BCUT2D eigenvalue weighted by Crippen LogP contribution is 2.08. The molecule has 0 aliphatic rings. The fourth-order valence-electron chi connectivity index (χ4n) is 0.912. The molecule has 0 bridgehead atoms. The van der Waals surface area contributed by atoms with Gasteiger partial charge >= 0.3 is 0 Å². The molecule has 0 heterocycles. The van der Waals surface area contributed by atoms with Crippen LogP contribution < -0.4 is 0 Å². The number of hydrogen-bond donors (Lipinski definition) is 0. The van der Waals surface area contributed by atoms with Crippen LogP contribution in [0.1, 0.15) is 11.1 Å². The van der Waals surface area contributed by atoms with Crippen LogP contribution in [0.25, 0.3) is 0 Å². The topological polar surface area (TPSA) is 9.23 Å². The summed E-state index contributed by atoms with van der Waals surface area (Å²) in [7, 11) is 1.59. The van der Waals surface area contributed by atoms with Crippen LogP contribution >= 0.6 is 12.2 Å². The van der Waals surface area contributed by atoms with Gasteiger partial charge in [0.2, 0.25) is 0 Å². The van der Waals surface area contributed by atoms with Gasteiger partial charge in [-0.3, -0.25) is 0 Å². The standard InChI is InChI=1S/C9H10OS/c1-7-5-3-4-6-8(7)9(11)10-2/h3-6H,1-2H3. The van der Waals surface area contributed by atoms with Gasteiger partial charge in [-0.25, -0.2) is 0 Å². The molecule has 0 aromatic heterocycles. The monoisotopic (exact) mass is 166 g/mol. The molecule has 0 aliphatic heterocycles. The molecule has 0 radical (unpaired) electrons. The minimum absolute atomic E-state index is 0.558. The molecule has 0 saturated carbocycles. The molecule has 0 amide bonds. The van der Waals surface area contributed by atoms with Gasteiger partial charge in [0.05, 0.1) is 7.11 Å². The molecule has 0 spiro atoms. The third-order valence-corrected chi connectivity index (χ3v) is 1.94. The Morgan fingerprint density at radius 3 is 2.55 bits per heavy atom. The van der Waals surface area contributed by atoms with Gasteiger partial charge < -0.3 is 4.74 Å². The average molecular weight is 166 g/mol. The molecule has 11 heavy (non-hydrogen) atoms. The Bertz CT molecular complexity index is 268. The maximum Gasteiger partial charge on any atom is 0.191 e. The number of rotatable bonds is 1. The highest BCUT2D eigenvalue weighted by atomic mass is 32.1. The second kappa shape index (κ2) is 3.49. The highest BCUT2D eigenvalue weighted by molar-refractivity contribution is 7.80. The fraction of sp³-hybridized carbons (Fsp3) is 0.222. The Labute approximate surface area is 72.0 Å². The molecular weight excluding hydrogens is 156 g/mol. The summed E-state index contributed by atoms with van der Waals surface area (Å²) in [6.07, 6.45) is 0. The van der Waals surface area contributed by atoms with Gasteiger partial charge in [0.25, 0.3) is 0 Å². The molecule has 1 aromatic carbocycles. The SMILES string of the molecule is COC(=S)c1ccccc1C. The van der Waals surface area contributed by atoms with E-state index in [4.69, 9.17) is 17.0 Å². The predicted octanol–water partition coefficient (Wildman–Crippen LogP) is 2.32. The number of aryl methyl sites for hydroxylation is 1. The van der Waals surface area contributed by atoms with Gasteiger partial charge in [0.15, 0.2) is 5.05 Å². The van der Waals surface area contributed by atoms with Gasteiger partial charge in [-0.2, -0.15) is 0 Å². The van der Waals surface area contributed by atoms with Crippen molar-refractivity contribution in [3.05, 3.63) is 35.4 Å². The van der Waals surface area contributed by atoms with E-state index in [-0.39, 0.29) is 0 Å². The zero-order chi connectivity index (χ0) is 8.27. The molecular formula is C9H10OS. The van der Waals surface area contributed by atoms with Crippen LogP contribution in [0.15, 0.2) is 24.3 Å². The Balaban J connectivity index is 3.03. The van der Waals surface area contributed by atoms with Crippen molar-refractivity contribution in [1.29, 1.82) is 0 Å². The summed E-state index contributed by atoms with van der Waals surface area (Å²) in [5.74, 6) is 0. The summed E-state index contributed by atoms with van der Waals surface area (Å²) in [5, 5.41) is 0.558. The van der Waals surface area contributed by atoms with E-state index < -0.39 is 0 Å². The number of methoxy groups -OCH3 is 1. The molecule has 1 rings (SSSR count). The van der Waals surface area contributed by atoms with Crippen molar-refractivity contribution < 1.29 is 4.74 Å². The predicted molar refractivity (Wildman–Crippen MR) is 49.9 cm³/mol. The van der Waals surface area contributed by atoms with E-state index in [0.29, 0.717) is 5.05 Å². The first-order valence-electron chi connectivity index (χ1n) is 3.39. The van der Waals surface area contributed by atoms with Gasteiger partial charge in [-0.05, 0) is 24.7 Å². The lowest BCUT2D eigenvalue weighted by Gasteiger charge is -2.04. The summed E-state index contributed by atoms with van der Waals surface area (Å²) in [5.41, 5.74) is 2.16. The van der Waals surface area contributed by atoms with Crippen molar-refractivity contribution in [2.45, 2.75) is 6.92 Å². The average Bonchev–Trinajstić information content (AvgIpc) is 2.04. The summed E-state index contributed by atoms with van der Waals surface area (Å²) < 4.78 is 4.95. The van der Waals surface area contributed by atoms with Crippen molar-refractivity contribution in [3.63, 3.8) is 0 Å². The van der Waals surface area contributed by atoms with Crippen molar-refractivity contribution in [2.24, 2.45) is 0 Å². The lowest BCUT2D eigenvalue weighted by Crippen LogP contribution is -2.01. The quantitative estimate of drug-likeness (QED) is 0.592. The summed E-state index contributed by atoms with van der Waals surface area (Å²) in [4.78, 5) is 0. The largest absolute Gasteiger partial charge is 0.486 e. The number of ether oxygens (including phenoxy) is 1. The molecule has 58 valence electrons. The van der Waals surface area contributed by atoms with E-state index >= 15 is 0 Å². The zero-order valence-electron chi connectivity index (χ0n) is 6.63. The van der Waals surface area contributed by atoms with Crippen LogP contribution in [0.4, 0.5) is 0 Å². The minimum atomic E-state index is 0.558. The molecule has 2 heteroatoms. The maximum atomic E-state index is 4.99. The van der Waals surface area contributed by atoms with E-state index in [0.717, 1.165) is 11.1 Å². The van der Waals surface area contributed by atoms with Gasteiger partial charge in [-0.15, -0.1) is 0 Å². The lowest BCUT2D eigenvalue weighted by atomic mass is 10.1.